The molecule has 0 unspecified atom stereocenters. The quantitative estimate of drug-likeness (QED) is 0.527. The van der Waals surface area contributed by atoms with E-state index in [4.69, 9.17) is 21.2 Å². The molecule has 27 heavy (non-hydrogen) atoms. The summed E-state index contributed by atoms with van der Waals surface area (Å²) in [4.78, 5) is 6.98. The van der Waals surface area contributed by atoms with E-state index in [1.165, 1.54) is 7.11 Å². The summed E-state index contributed by atoms with van der Waals surface area (Å²) in [6.45, 7) is 4.77. The molecule has 1 aromatic heterocycles. The number of oxime groups is 1. The first-order valence-corrected chi connectivity index (χ1v) is 9.57. The summed E-state index contributed by atoms with van der Waals surface area (Å²) in [5.41, 5.74) is 2.10. The topological polar surface area (TPSA) is 59.8 Å². The number of piperidine rings is 1. The molecule has 2 aromatic rings. The van der Waals surface area contributed by atoms with Gasteiger partial charge in [-0.2, -0.15) is 0 Å². The Morgan fingerprint density at radius 2 is 2.04 bits per heavy atom. The van der Waals surface area contributed by atoms with Crippen LogP contribution < -0.4 is 9.64 Å². The highest BCUT2D eigenvalue weighted by Crippen LogP contribution is 2.25. The lowest BCUT2D eigenvalue weighted by Crippen LogP contribution is -2.34. The first-order chi connectivity index (χ1) is 13.2. The number of anilines is 1. The molecule has 0 atom stereocenters. The molecule has 144 valence electrons. The molecular formula is C20H25ClN4O2. The normalized spacial score (nSPS) is 15.3. The van der Waals surface area contributed by atoms with E-state index in [0.29, 0.717) is 11.1 Å². The molecular weight excluding hydrogens is 364 g/mol. The lowest BCUT2D eigenvalue weighted by molar-refractivity contribution is 0.215. The highest BCUT2D eigenvalue weighted by molar-refractivity contribution is 6.29. The first kappa shape index (κ1) is 19.4. The van der Waals surface area contributed by atoms with Gasteiger partial charge in [0.25, 0.3) is 0 Å². The fourth-order valence-electron chi connectivity index (χ4n) is 3.29. The molecule has 6 nitrogen and oxygen atoms in total. The molecule has 0 amide bonds. The number of aromatic nitrogens is 2. The van der Waals surface area contributed by atoms with Crippen molar-refractivity contribution < 1.29 is 9.57 Å². The molecule has 0 bridgehead atoms. The number of aryl methyl sites for hydroxylation is 1. The van der Waals surface area contributed by atoms with Crippen LogP contribution in [-0.2, 0) is 4.84 Å². The third-order valence-corrected chi connectivity index (χ3v) is 5.05. The SMILES string of the molecule is CON=Cc1ccc(OCCC2CCN(c3ccc(Cl)nn3)CC2)c(C)c1. The van der Waals surface area contributed by atoms with Gasteiger partial charge in [0.05, 0.1) is 12.8 Å². The van der Waals surface area contributed by atoms with E-state index in [1.54, 1.807) is 12.3 Å². The molecule has 1 aliphatic rings. The van der Waals surface area contributed by atoms with Crippen LogP contribution >= 0.6 is 11.6 Å². The van der Waals surface area contributed by atoms with Crippen LogP contribution in [0.5, 0.6) is 5.75 Å². The highest BCUT2D eigenvalue weighted by Gasteiger charge is 2.20. The summed E-state index contributed by atoms with van der Waals surface area (Å²) in [6.07, 6.45) is 5.03. The van der Waals surface area contributed by atoms with E-state index >= 15 is 0 Å². The monoisotopic (exact) mass is 388 g/mol. The number of hydrogen-bond acceptors (Lipinski definition) is 6. The van der Waals surface area contributed by atoms with Gasteiger partial charge in [0.15, 0.2) is 11.0 Å². The van der Waals surface area contributed by atoms with Gasteiger partial charge in [0, 0.05) is 13.1 Å². The zero-order valence-electron chi connectivity index (χ0n) is 15.8. The molecule has 1 aliphatic heterocycles. The number of hydrogen-bond donors (Lipinski definition) is 0. The van der Waals surface area contributed by atoms with E-state index < -0.39 is 0 Å². The van der Waals surface area contributed by atoms with Crippen molar-refractivity contribution >= 4 is 23.6 Å². The van der Waals surface area contributed by atoms with Crippen LogP contribution in [0.4, 0.5) is 5.82 Å². The van der Waals surface area contributed by atoms with Gasteiger partial charge in [-0.05, 0) is 73.6 Å². The van der Waals surface area contributed by atoms with Crippen LogP contribution in [-0.4, -0.2) is 43.2 Å². The smallest absolute Gasteiger partial charge is 0.151 e. The Kier molecular flexibility index (Phi) is 6.87. The van der Waals surface area contributed by atoms with Gasteiger partial charge in [-0.3, -0.25) is 0 Å². The Hall–Kier alpha value is -2.34. The van der Waals surface area contributed by atoms with Crippen LogP contribution in [0.2, 0.25) is 5.15 Å². The van der Waals surface area contributed by atoms with Crippen LogP contribution in [0.25, 0.3) is 0 Å². The van der Waals surface area contributed by atoms with E-state index in [0.717, 1.165) is 61.7 Å². The second-order valence-electron chi connectivity index (χ2n) is 6.72. The summed E-state index contributed by atoms with van der Waals surface area (Å²) >= 11 is 5.81. The predicted molar refractivity (Wildman–Crippen MR) is 108 cm³/mol. The molecule has 1 fully saturated rings. The van der Waals surface area contributed by atoms with Crippen molar-refractivity contribution in [3.63, 3.8) is 0 Å². The van der Waals surface area contributed by atoms with Gasteiger partial charge in [0.2, 0.25) is 0 Å². The van der Waals surface area contributed by atoms with Gasteiger partial charge in [-0.15, -0.1) is 10.2 Å². The predicted octanol–water partition coefficient (Wildman–Crippen LogP) is 4.10. The second kappa shape index (κ2) is 9.55. The van der Waals surface area contributed by atoms with E-state index in [-0.39, 0.29) is 0 Å². The Morgan fingerprint density at radius 1 is 1.22 bits per heavy atom. The number of halogens is 1. The molecule has 0 radical (unpaired) electrons. The molecule has 0 spiro atoms. The minimum Gasteiger partial charge on any atom is -0.493 e. The molecule has 0 N–H and O–H groups in total. The molecule has 7 heteroatoms. The van der Waals surface area contributed by atoms with Crippen LogP contribution in [0.1, 0.15) is 30.4 Å². The zero-order chi connectivity index (χ0) is 19.1. The summed E-state index contributed by atoms with van der Waals surface area (Å²) in [5.74, 6) is 2.51. The maximum atomic E-state index is 6.00. The van der Waals surface area contributed by atoms with Crippen LogP contribution in [0.3, 0.4) is 0 Å². The van der Waals surface area contributed by atoms with Gasteiger partial charge >= 0.3 is 0 Å². The van der Waals surface area contributed by atoms with Crippen molar-refractivity contribution in [3.05, 3.63) is 46.6 Å². The van der Waals surface area contributed by atoms with Crippen LogP contribution in [0, 0.1) is 12.8 Å². The van der Waals surface area contributed by atoms with E-state index in [9.17, 15) is 0 Å². The summed E-state index contributed by atoms with van der Waals surface area (Å²) < 4.78 is 6.00. The van der Waals surface area contributed by atoms with Crippen molar-refractivity contribution in [1.29, 1.82) is 0 Å². The third kappa shape index (κ3) is 5.57. The molecule has 2 heterocycles. The second-order valence-corrected chi connectivity index (χ2v) is 7.11. The molecule has 3 rings (SSSR count). The van der Waals surface area contributed by atoms with Crippen molar-refractivity contribution in [1.82, 2.24) is 10.2 Å². The lowest BCUT2D eigenvalue weighted by Gasteiger charge is -2.32. The first-order valence-electron chi connectivity index (χ1n) is 9.20. The Balaban J connectivity index is 1.43. The van der Waals surface area contributed by atoms with Gasteiger partial charge in [0.1, 0.15) is 12.9 Å². The zero-order valence-corrected chi connectivity index (χ0v) is 16.5. The van der Waals surface area contributed by atoms with Crippen molar-refractivity contribution in [2.45, 2.75) is 26.2 Å². The molecule has 1 saturated heterocycles. The molecule has 0 aliphatic carbocycles. The number of ether oxygens (including phenoxy) is 1. The third-order valence-electron chi connectivity index (χ3n) is 4.85. The van der Waals surface area contributed by atoms with Crippen molar-refractivity contribution in [2.75, 3.05) is 31.7 Å². The van der Waals surface area contributed by atoms with Gasteiger partial charge in [-0.1, -0.05) is 16.8 Å². The molecule has 1 aromatic carbocycles. The summed E-state index contributed by atoms with van der Waals surface area (Å²) in [7, 11) is 1.54. The summed E-state index contributed by atoms with van der Waals surface area (Å²) in [5, 5.41) is 12.3. The maximum Gasteiger partial charge on any atom is 0.151 e. The molecule has 0 saturated carbocycles. The maximum absolute atomic E-state index is 6.00. The average molecular weight is 389 g/mol. The van der Waals surface area contributed by atoms with Crippen molar-refractivity contribution in [3.8, 4) is 5.75 Å². The van der Waals surface area contributed by atoms with Crippen LogP contribution in [0.15, 0.2) is 35.5 Å². The average Bonchev–Trinajstić information content (AvgIpc) is 2.69. The Bertz CT molecular complexity index is 759. The van der Waals surface area contributed by atoms with Gasteiger partial charge < -0.3 is 14.5 Å². The largest absolute Gasteiger partial charge is 0.493 e. The number of benzene rings is 1. The standard InChI is InChI=1S/C20H25ClN4O2/c1-15-13-17(14-22-26-2)3-4-18(15)27-12-9-16-7-10-25(11-8-16)20-6-5-19(21)23-24-20/h3-6,13-14,16H,7-12H2,1-2H3. The summed E-state index contributed by atoms with van der Waals surface area (Å²) in [6, 6.07) is 9.75. The lowest BCUT2D eigenvalue weighted by atomic mass is 9.94. The highest BCUT2D eigenvalue weighted by atomic mass is 35.5. The van der Waals surface area contributed by atoms with Gasteiger partial charge in [-0.25, -0.2) is 0 Å². The number of nitrogens with zero attached hydrogens (tertiary/aromatic N) is 4. The Labute approximate surface area is 165 Å². The van der Waals surface area contributed by atoms with E-state index in [2.05, 4.69) is 20.3 Å². The van der Waals surface area contributed by atoms with Crippen molar-refractivity contribution in [2.24, 2.45) is 11.1 Å². The minimum atomic E-state index is 0.431. The Morgan fingerprint density at radius 3 is 2.70 bits per heavy atom. The minimum absolute atomic E-state index is 0.431. The fraction of sp³-hybridized carbons (Fsp3) is 0.450. The fourth-order valence-corrected chi connectivity index (χ4v) is 3.39. The van der Waals surface area contributed by atoms with E-state index in [1.807, 2.05) is 31.2 Å². The number of rotatable bonds is 7.